The van der Waals surface area contributed by atoms with Crippen LogP contribution in [0.15, 0.2) is 30.3 Å². The number of rotatable bonds is 1. The highest BCUT2D eigenvalue weighted by Gasteiger charge is 2.08. The minimum Gasteiger partial charge on any atom is -1.00 e. The molecule has 1 N–H and O–H groups in total. The summed E-state index contributed by atoms with van der Waals surface area (Å²) in [6, 6.07) is 10.6. The van der Waals surface area contributed by atoms with Gasteiger partial charge in [0, 0.05) is 31.9 Å². The van der Waals surface area contributed by atoms with Gasteiger partial charge in [-0.1, -0.05) is 18.2 Å². The van der Waals surface area contributed by atoms with Gasteiger partial charge < -0.3 is 22.6 Å². The predicted molar refractivity (Wildman–Crippen MR) is 52.6 cm³/mol. The molecule has 0 spiro atoms. The van der Waals surface area contributed by atoms with E-state index < -0.39 is 0 Å². The number of nitrogens with zero attached hydrogens (tertiary/aromatic N) is 1. The molecule has 2 nitrogen and oxygen atoms in total. The molecule has 1 aromatic carbocycles. The normalized spacial score (nSPS) is 16.5. The van der Waals surface area contributed by atoms with Crippen LogP contribution in [0.1, 0.15) is 1.43 Å². The average Bonchev–Trinajstić information content (AvgIpc) is 2.21. The van der Waals surface area contributed by atoms with Gasteiger partial charge in [-0.15, -0.1) is 0 Å². The number of piperazine rings is 1. The van der Waals surface area contributed by atoms with Gasteiger partial charge in [0.2, 0.25) is 0 Å². The Balaban J connectivity index is 0.000000845. The summed E-state index contributed by atoms with van der Waals surface area (Å²) in [5.74, 6) is 0. The van der Waals surface area contributed by atoms with Crippen molar-refractivity contribution in [3.05, 3.63) is 30.3 Å². The Kier molecular flexibility index (Phi) is 4.06. The van der Waals surface area contributed by atoms with E-state index >= 15 is 0 Å². The topological polar surface area (TPSA) is 15.3 Å². The van der Waals surface area contributed by atoms with Crippen molar-refractivity contribution in [2.75, 3.05) is 31.1 Å². The minimum atomic E-state index is 0. The number of hydrogen-bond donors (Lipinski definition) is 1. The van der Waals surface area contributed by atoms with Crippen molar-refractivity contribution in [1.29, 1.82) is 0 Å². The predicted octanol–water partition coefficient (Wildman–Crippen LogP) is -1.79. The maximum atomic E-state index is 3.34. The lowest BCUT2D eigenvalue weighted by molar-refractivity contribution is -0.00000243. The van der Waals surface area contributed by atoms with Crippen molar-refractivity contribution >= 4 is 5.69 Å². The molecule has 1 fully saturated rings. The van der Waals surface area contributed by atoms with Crippen LogP contribution < -0.4 is 22.6 Å². The van der Waals surface area contributed by atoms with E-state index in [1.165, 1.54) is 5.69 Å². The highest BCUT2D eigenvalue weighted by atomic mass is 35.5. The van der Waals surface area contributed by atoms with Gasteiger partial charge in [-0.2, -0.15) is 0 Å². The first-order valence-corrected chi connectivity index (χ1v) is 4.47. The number of benzene rings is 1. The molecule has 1 aliphatic heterocycles. The second kappa shape index (κ2) is 5.10. The molecule has 0 bridgehead atoms. The minimum absolute atomic E-state index is 0. The number of anilines is 1. The summed E-state index contributed by atoms with van der Waals surface area (Å²) in [4.78, 5) is 2.41. The molecule has 0 aliphatic carbocycles. The summed E-state index contributed by atoms with van der Waals surface area (Å²) in [5, 5.41) is 3.34. The molecule has 0 unspecified atom stereocenters. The van der Waals surface area contributed by atoms with E-state index in [4.69, 9.17) is 0 Å². The molecular formula is C10H15ClN2. The summed E-state index contributed by atoms with van der Waals surface area (Å²) in [6.45, 7) is 4.47. The lowest BCUT2D eigenvalue weighted by Crippen LogP contribution is -3.00. The molecule has 72 valence electrons. The quantitative estimate of drug-likeness (QED) is 0.574. The van der Waals surface area contributed by atoms with E-state index in [9.17, 15) is 0 Å². The molecule has 0 aromatic heterocycles. The lowest BCUT2D eigenvalue weighted by atomic mass is 10.2. The highest BCUT2D eigenvalue weighted by molar-refractivity contribution is 5.46. The summed E-state index contributed by atoms with van der Waals surface area (Å²) in [6.07, 6.45) is 0. The van der Waals surface area contributed by atoms with Crippen molar-refractivity contribution in [3.8, 4) is 0 Å². The molecular weight excluding hydrogens is 184 g/mol. The number of para-hydroxylation sites is 1. The van der Waals surface area contributed by atoms with Gasteiger partial charge in [0.25, 0.3) is 0 Å². The Bertz CT molecular complexity index is 237. The van der Waals surface area contributed by atoms with E-state index in [1.807, 2.05) is 0 Å². The molecule has 1 saturated heterocycles. The van der Waals surface area contributed by atoms with Crippen LogP contribution in [-0.4, -0.2) is 26.2 Å². The zero-order valence-electron chi connectivity index (χ0n) is 8.54. The fraction of sp³-hybridized carbons (Fsp3) is 0.400. The Hall–Kier alpha value is -0.730. The molecule has 1 heterocycles. The molecule has 0 saturated carbocycles. The zero-order valence-corrected chi connectivity index (χ0v) is 8.30. The number of nitrogens with one attached hydrogen (secondary N) is 1. The van der Waals surface area contributed by atoms with E-state index in [2.05, 4.69) is 40.5 Å². The first-order chi connectivity index (χ1) is 5.97. The molecule has 0 radical (unpaired) electrons. The largest absolute Gasteiger partial charge is 1.00 e. The Morgan fingerprint density at radius 3 is 2.31 bits per heavy atom. The first kappa shape index (κ1) is 10.4. The van der Waals surface area contributed by atoms with E-state index in [0.717, 1.165) is 26.2 Å². The van der Waals surface area contributed by atoms with Crippen molar-refractivity contribution in [2.24, 2.45) is 0 Å². The summed E-state index contributed by atoms with van der Waals surface area (Å²) >= 11 is 0. The molecule has 13 heavy (non-hydrogen) atoms. The third kappa shape index (κ3) is 2.61. The van der Waals surface area contributed by atoms with Crippen LogP contribution in [0, 0.1) is 0 Å². The third-order valence-electron chi connectivity index (χ3n) is 2.24. The van der Waals surface area contributed by atoms with Crippen LogP contribution in [-0.2, 0) is 0 Å². The van der Waals surface area contributed by atoms with Crippen molar-refractivity contribution in [2.45, 2.75) is 0 Å². The second-order valence-electron chi connectivity index (χ2n) is 3.07. The number of halogens is 1. The van der Waals surface area contributed by atoms with Gasteiger partial charge in [-0.25, -0.2) is 0 Å². The van der Waals surface area contributed by atoms with Crippen molar-refractivity contribution < 1.29 is 13.8 Å². The smallest absolute Gasteiger partial charge is 1.00 e. The van der Waals surface area contributed by atoms with E-state index in [1.54, 1.807) is 0 Å². The third-order valence-corrected chi connectivity index (χ3v) is 2.24. The number of hydrogen-bond acceptors (Lipinski definition) is 2. The van der Waals surface area contributed by atoms with Crippen LogP contribution in [0.3, 0.4) is 0 Å². The van der Waals surface area contributed by atoms with Gasteiger partial charge in [-0.05, 0) is 12.1 Å². The molecule has 1 aromatic rings. The molecule has 1 aliphatic rings. The fourth-order valence-corrected chi connectivity index (χ4v) is 1.56. The first-order valence-electron chi connectivity index (χ1n) is 4.47. The van der Waals surface area contributed by atoms with Crippen LogP contribution in [0.2, 0.25) is 0 Å². The van der Waals surface area contributed by atoms with Gasteiger partial charge in [0.05, 0.1) is 0 Å². The average molecular weight is 199 g/mol. The van der Waals surface area contributed by atoms with E-state index in [0.29, 0.717) is 0 Å². The summed E-state index contributed by atoms with van der Waals surface area (Å²) < 4.78 is 0. The molecule has 0 amide bonds. The van der Waals surface area contributed by atoms with Crippen LogP contribution >= 0.6 is 0 Å². The second-order valence-corrected chi connectivity index (χ2v) is 3.07. The highest BCUT2D eigenvalue weighted by Crippen LogP contribution is 2.12. The Labute approximate surface area is 86.8 Å². The Morgan fingerprint density at radius 2 is 1.69 bits per heavy atom. The van der Waals surface area contributed by atoms with Gasteiger partial charge in [-0.3, -0.25) is 0 Å². The standard InChI is InChI=1S/C10H14N2.ClH/c1-2-4-10(5-3-1)12-8-6-11-7-9-12;/h1-5,11H,6-9H2;1H. The van der Waals surface area contributed by atoms with Gasteiger partial charge in [0.1, 0.15) is 0 Å². The molecule has 2 rings (SSSR count). The molecule has 3 heteroatoms. The lowest BCUT2D eigenvalue weighted by Gasteiger charge is -2.29. The van der Waals surface area contributed by atoms with Crippen LogP contribution in [0.5, 0.6) is 0 Å². The summed E-state index contributed by atoms with van der Waals surface area (Å²) in [5.41, 5.74) is 1.35. The Morgan fingerprint density at radius 1 is 1.08 bits per heavy atom. The van der Waals surface area contributed by atoms with Crippen molar-refractivity contribution in [3.63, 3.8) is 0 Å². The maximum absolute atomic E-state index is 3.34. The SMILES string of the molecule is [Cl-].[H+].c1ccc(N2CCNCC2)cc1. The monoisotopic (exact) mass is 198 g/mol. The zero-order chi connectivity index (χ0) is 8.23. The van der Waals surface area contributed by atoms with E-state index in [-0.39, 0.29) is 13.8 Å². The fourth-order valence-electron chi connectivity index (χ4n) is 1.56. The summed E-state index contributed by atoms with van der Waals surface area (Å²) in [7, 11) is 0. The van der Waals surface area contributed by atoms with Gasteiger partial charge >= 0.3 is 1.43 Å². The molecule has 0 atom stereocenters. The van der Waals surface area contributed by atoms with Crippen LogP contribution in [0.4, 0.5) is 5.69 Å². The maximum Gasteiger partial charge on any atom is 1.00 e. The van der Waals surface area contributed by atoms with Crippen molar-refractivity contribution in [1.82, 2.24) is 5.32 Å². The van der Waals surface area contributed by atoms with Gasteiger partial charge in [0.15, 0.2) is 0 Å². The van der Waals surface area contributed by atoms with Crippen LogP contribution in [0.25, 0.3) is 0 Å².